The molecule has 2 N–H and O–H groups in total. The number of carbonyl (C=O) groups is 1. The molecule has 2 aliphatic heterocycles. The fourth-order valence-electron chi connectivity index (χ4n) is 3.91. The van der Waals surface area contributed by atoms with E-state index >= 15 is 0 Å². The van der Waals surface area contributed by atoms with Gasteiger partial charge >= 0.3 is 6.09 Å². The topological polar surface area (TPSA) is 69.2 Å². The third-order valence-corrected chi connectivity index (χ3v) is 5.50. The fraction of sp³-hybridized carbons (Fsp3) is 0.905. The summed E-state index contributed by atoms with van der Waals surface area (Å²) in [7, 11) is 0. The predicted octanol–water partition coefficient (Wildman–Crippen LogP) is 2.67. The smallest absolute Gasteiger partial charge is 0.407 e. The normalized spacial score (nSPS) is 22.4. The fourth-order valence-corrected chi connectivity index (χ4v) is 3.91. The summed E-state index contributed by atoms with van der Waals surface area (Å²) in [6.45, 7) is 17.0. The first-order chi connectivity index (χ1) is 13.3. The Morgan fingerprint density at radius 2 is 1.86 bits per heavy atom. The maximum absolute atomic E-state index is 12.0. The molecule has 28 heavy (non-hydrogen) atoms. The van der Waals surface area contributed by atoms with Crippen LogP contribution in [0.15, 0.2) is 4.99 Å². The maximum Gasteiger partial charge on any atom is 0.407 e. The molecule has 0 aromatic carbocycles. The summed E-state index contributed by atoms with van der Waals surface area (Å²) in [5.41, 5.74) is -0.466. The zero-order valence-electron chi connectivity index (χ0n) is 18.6. The summed E-state index contributed by atoms with van der Waals surface area (Å²) in [4.78, 5) is 21.7. The Morgan fingerprint density at radius 1 is 1.14 bits per heavy atom. The lowest BCUT2D eigenvalue weighted by molar-refractivity contribution is 0.0507. The number of hydrogen-bond donors (Lipinski definition) is 2. The Kier molecular flexibility index (Phi) is 8.86. The number of piperidine rings is 1. The molecule has 2 heterocycles. The molecule has 0 saturated carbocycles. The minimum absolute atomic E-state index is 0.108. The number of aliphatic imine (C=N–C) groups is 1. The van der Waals surface area contributed by atoms with Crippen molar-refractivity contribution in [3.8, 4) is 0 Å². The van der Waals surface area contributed by atoms with Crippen LogP contribution in [0.4, 0.5) is 4.79 Å². The average Bonchev–Trinajstić information content (AvgIpc) is 3.08. The first-order valence-electron chi connectivity index (χ1n) is 11.1. The maximum atomic E-state index is 12.0. The number of alkyl carbamates (subject to hydrolysis) is 1. The molecule has 2 rings (SSSR count). The minimum atomic E-state index is -0.466. The highest BCUT2D eigenvalue weighted by atomic mass is 16.6. The van der Waals surface area contributed by atoms with Gasteiger partial charge in [0.05, 0.1) is 6.04 Å². The predicted molar refractivity (Wildman–Crippen MR) is 115 cm³/mol. The first kappa shape index (κ1) is 22.8. The Balaban J connectivity index is 1.78. The average molecular weight is 396 g/mol. The SMILES string of the molecule is CCNC(=NCCC1CCN(CC)CC1)N1CCC(NC(=O)OC(C)(C)C)C1. The molecule has 1 amide bonds. The van der Waals surface area contributed by atoms with Crippen molar-refractivity contribution in [2.45, 2.75) is 71.9 Å². The summed E-state index contributed by atoms with van der Waals surface area (Å²) in [6.07, 6.45) is 4.34. The molecule has 0 aliphatic carbocycles. The van der Waals surface area contributed by atoms with E-state index in [2.05, 4.69) is 34.3 Å². The minimum Gasteiger partial charge on any atom is -0.444 e. The molecule has 7 nitrogen and oxygen atoms in total. The number of rotatable bonds is 6. The molecule has 0 aromatic heterocycles. The van der Waals surface area contributed by atoms with Gasteiger partial charge in [-0.2, -0.15) is 0 Å². The van der Waals surface area contributed by atoms with Crippen molar-refractivity contribution in [1.29, 1.82) is 0 Å². The third kappa shape index (κ3) is 7.86. The number of likely N-dealkylation sites (tertiary alicyclic amines) is 2. The van der Waals surface area contributed by atoms with E-state index in [1.54, 1.807) is 0 Å². The lowest BCUT2D eigenvalue weighted by atomic mass is 9.94. The van der Waals surface area contributed by atoms with E-state index in [4.69, 9.17) is 9.73 Å². The largest absolute Gasteiger partial charge is 0.444 e. The van der Waals surface area contributed by atoms with Crippen LogP contribution in [-0.2, 0) is 4.74 Å². The van der Waals surface area contributed by atoms with Crippen LogP contribution in [0.1, 0.15) is 60.3 Å². The Bertz CT molecular complexity index is 509. The van der Waals surface area contributed by atoms with Gasteiger partial charge in [-0.25, -0.2) is 4.79 Å². The van der Waals surface area contributed by atoms with Crippen LogP contribution in [0, 0.1) is 5.92 Å². The zero-order valence-corrected chi connectivity index (χ0v) is 18.6. The first-order valence-corrected chi connectivity index (χ1v) is 11.1. The van der Waals surface area contributed by atoms with Gasteiger partial charge in [0.2, 0.25) is 0 Å². The van der Waals surface area contributed by atoms with E-state index in [9.17, 15) is 4.79 Å². The van der Waals surface area contributed by atoms with E-state index in [0.29, 0.717) is 0 Å². The number of guanidine groups is 1. The number of carbonyl (C=O) groups excluding carboxylic acids is 1. The van der Waals surface area contributed by atoms with Crippen molar-refractivity contribution < 1.29 is 9.53 Å². The number of nitrogens with zero attached hydrogens (tertiary/aromatic N) is 3. The second kappa shape index (κ2) is 10.9. The van der Waals surface area contributed by atoms with Crippen molar-refractivity contribution >= 4 is 12.1 Å². The highest BCUT2D eigenvalue weighted by Crippen LogP contribution is 2.20. The molecular formula is C21H41N5O2. The van der Waals surface area contributed by atoms with Crippen LogP contribution in [0.25, 0.3) is 0 Å². The van der Waals surface area contributed by atoms with E-state index in [0.717, 1.165) is 44.5 Å². The monoisotopic (exact) mass is 395 g/mol. The lowest BCUT2D eigenvalue weighted by Crippen LogP contribution is -2.44. The third-order valence-electron chi connectivity index (χ3n) is 5.50. The van der Waals surface area contributed by atoms with Gasteiger partial charge in [-0.3, -0.25) is 4.99 Å². The molecule has 1 unspecified atom stereocenters. The molecular weight excluding hydrogens is 354 g/mol. The quantitative estimate of drug-likeness (QED) is 0.535. The van der Waals surface area contributed by atoms with E-state index in [1.165, 1.54) is 38.9 Å². The van der Waals surface area contributed by atoms with Crippen molar-refractivity contribution in [3.63, 3.8) is 0 Å². The molecule has 0 radical (unpaired) electrons. The van der Waals surface area contributed by atoms with Gasteiger partial charge < -0.3 is 25.2 Å². The molecule has 2 aliphatic rings. The Hall–Kier alpha value is -1.50. The van der Waals surface area contributed by atoms with Gasteiger partial charge in [-0.15, -0.1) is 0 Å². The standard InChI is InChI=1S/C21H41N5O2/c1-6-22-19(23-12-8-17-9-13-25(7-2)14-10-17)26-15-11-18(16-26)24-20(27)28-21(3,4)5/h17-18H,6-16H2,1-5H3,(H,22,23)(H,24,27). The van der Waals surface area contributed by atoms with Crippen LogP contribution >= 0.6 is 0 Å². The number of hydrogen-bond acceptors (Lipinski definition) is 4. The van der Waals surface area contributed by atoms with Crippen LogP contribution in [-0.4, -0.2) is 79.3 Å². The highest BCUT2D eigenvalue weighted by Gasteiger charge is 2.28. The van der Waals surface area contributed by atoms with Crippen molar-refractivity contribution in [2.24, 2.45) is 10.9 Å². The molecule has 0 bridgehead atoms. The lowest BCUT2D eigenvalue weighted by Gasteiger charge is -2.30. The van der Waals surface area contributed by atoms with Crippen LogP contribution in [0.3, 0.4) is 0 Å². The highest BCUT2D eigenvalue weighted by molar-refractivity contribution is 5.80. The molecule has 2 saturated heterocycles. The van der Waals surface area contributed by atoms with Crippen molar-refractivity contribution in [2.75, 3.05) is 45.8 Å². The van der Waals surface area contributed by atoms with Crippen LogP contribution in [0.5, 0.6) is 0 Å². The summed E-state index contributed by atoms with van der Waals surface area (Å²) >= 11 is 0. The van der Waals surface area contributed by atoms with Gasteiger partial charge in [0, 0.05) is 26.2 Å². The molecule has 1 atom stereocenters. The second-order valence-corrected chi connectivity index (χ2v) is 8.98. The number of nitrogens with one attached hydrogen (secondary N) is 2. The molecule has 162 valence electrons. The van der Waals surface area contributed by atoms with E-state index in [-0.39, 0.29) is 12.1 Å². The Morgan fingerprint density at radius 3 is 2.46 bits per heavy atom. The number of ether oxygens (including phenoxy) is 1. The number of amides is 1. The molecule has 0 spiro atoms. The molecule has 0 aromatic rings. The van der Waals surface area contributed by atoms with E-state index < -0.39 is 5.60 Å². The summed E-state index contributed by atoms with van der Waals surface area (Å²) in [5, 5.41) is 6.40. The van der Waals surface area contributed by atoms with Crippen molar-refractivity contribution in [1.82, 2.24) is 20.4 Å². The second-order valence-electron chi connectivity index (χ2n) is 8.98. The van der Waals surface area contributed by atoms with Gasteiger partial charge in [0.15, 0.2) is 5.96 Å². The molecule has 7 heteroatoms. The van der Waals surface area contributed by atoms with Crippen LogP contribution in [0.2, 0.25) is 0 Å². The summed E-state index contributed by atoms with van der Waals surface area (Å²) in [5.74, 6) is 1.77. The van der Waals surface area contributed by atoms with Crippen molar-refractivity contribution in [3.05, 3.63) is 0 Å². The summed E-state index contributed by atoms with van der Waals surface area (Å²) in [6, 6.07) is 0.108. The van der Waals surface area contributed by atoms with Gasteiger partial charge in [-0.05, 0) is 78.9 Å². The zero-order chi connectivity index (χ0) is 20.6. The van der Waals surface area contributed by atoms with E-state index in [1.807, 2.05) is 20.8 Å². The Labute approximate surface area is 171 Å². The molecule has 2 fully saturated rings. The van der Waals surface area contributed by atoms with Gasteiger partial charge in [-0.1, -0.05) is 6.92 Å². The summed E-state index contributed by atoms with van der Waals surface area (Å²) < 4.78 is 5.37. The van der Waals surface area contributed by atoms with Gasteiger partial charge in [0.25, 0.3) is 0 Å². The van der Waals surface area contributed by atoms with Gasteiger partial charge in [0.1, 0.15) is 5.60 Å². The van der Waals surface area contributed by atoms with Crippen LogP contribution < -0.4 is 10.6 Å².